The molecule has 0 aromatic heterocycles. The van der Waals surface area contributed by atoms with Crippen LogP contribution in [0.15, 0.2) is 23.1 Å². The van der Waals surface area contributed by atoms with Crippen LogP contribution < -0.4 is 9.46 Å². The predicted octanol–water partition coefficient (Wildman–Crippen LogP) is 0.757. The average molecular weight is 273 g/mol. The second-order valence-electron chi connectivity index (χ2n) is 3.58. The Balaban J connectivity index is 2.96. The van der Waals surface area contributed by atoms with Gasteiger partial charge in [0.05, 0.1) is 11.5 Å². The Morgan fingerprint density at radius 1 is 1.44 bits per heavy atom. The minimum atomic E-state index is -3.80. The number of nitrogens with one attached hydrogen (secondary N) is 1. The zero-order valence-electron chi connectivity index (χ0n) is 10.1. The maximum atomic E-state index is 11.7. The van der Waals surface area contributed by atoms with E-state index in [1.54, 1.807) is 13.0 Å². The first kappa shape index (κ1) is 14.5. The quantitative estimate of drug-likeness (QED) is 0.798. The third kappa shape index (κ3) is 3.71. The molecule has 6 nitrogen and oxygen atoms in total. The molecule has 0 aliphatic heterocycles. The summed E-state index contributed by atoms with van der Waals surface area (Å²) in [4.78, 5) is 10.4. The summed E-state index contributed by atoms with van der Waals surface area (Å²) in [5.41, 5.74) is 0.676. The third-order valence-electron chi connectivity index (χ3n) is 2.17. The van der Waals surface area contributed by atoms with Crippen LogP contribution in [0.25, 0.3) is 0 Å². The Morgan fingerprint density at radius 3 is 2.61 bits per heavy atom. The Hall–Kier alpha value is -1.60. The predicted molar refractivity (Wildman–Crippen MR) is 65.2 cm³/mol. The number of benzene rings is 1. The number of carbonyl (C=O) groups is 1. The lowest BCUT2D eigenvalue weighted by Crippen LogP contribution is -2.29. The maximum Gasteiger partial charge on any atom is 0.318 e. The second kappa shape index (κ2) is 5.83. The Morgan fingerprint density at radius 2 is 2.11 bits per heavy atom. The highest BCUT2D eigenvalue weighted by molar-refractivity contribution is 7.89. The molecule has 1 rings (SSSR count). The number of ether oxygens (including phenoxy) is 1. The van der Waals surface area contributed by atoms with Crippen molar-refractivity contribution in [1.82, 2.24) is 4.72 Å². The van der Waals surface area contributed by atoms with Gasteiger partial charge in [0.15, 0.2) is 0 Å². The standard InChI is InChI=1S/C11H15NO5S/c1-3-17-10-5-4-9(6-8(10)2)18(15,16)12-7-11(13)14/h4-6,12H,3,7H2,1-2H3,(H,13,14). The highest BCUT2D eigenvalue weighted by Crippen LogP contribution is 2.21. The van der Waals surface area contributed by atoms with E-state index in [1.807, 2.05) is 11.6 Å². The van der Waals surface area contributed by atoms with Crippen molar-refractivity contribution in [3.8, 4) is 5.75 Å². The first-order valence-electron chi connectivity index (χ1n) is 5.31. The van der Waals surface area contributed by atoms with E-state index in [4.69, 9.17) is 9.84 Å². The van der Waals surface area contributed by atoms with Crippen molar-refractivity contribution < 1.29 is 23.1 Å². The lowest BCUT2D eigenvalue weighted by atomic mass is 10.2. The maximum absolute atomic E-state index is 11.7. The molecule has 1 aromatic carbocycles. The molecule has 0 atom stereocenters. The van der Waals surface area contributed by atoms with Crippen LogP contribution in [0.3, 0.4) is 0 Å². The van der Waals surface area contributed by atoms with Crippen molar-refractivity contribution in [3.05, 3.63) is 23.8 Å². The van der Waals surface area contributed by atoms with Gasteiger partial charge in [-0.15, -0.1) is 0 Å². The van der Waals surface area contributed by atoms with E-state index in [0.717, 1.165) is 0 Å². The molecule has 0 radical (unpaired) electrons. The van der Waals surface area contributed by atoms with Gasteiger partial charge in [0.25, 0.3) is 0 Å². The topological polar surface area (TPSA) is 92.7 Å². The van der Waals surface area contributed by atoms with Gasteiger partial charge in [-0.3, -0.25) is 4.79 Å². The van der Waals surface area contributed by atoms with Crippen LogP contribution in [-0.4, -0.2) is 32.6 Å². The van der Waals surface area contributed by atoms with Gasteiger partial charge in [-0.2, -0.15) is 4.72 Å². The van der Waals surface area contributed by atoms with Gasteiger partial charge < -0.3 is 9.84 Å². The van der Waals surface area contributed by atoms with Gasteiger partial charge in [0, 0.05) is 0 Å². The number of hydrogen-bond donors (Lipinski definition) is 2. The highest BCUT2D eigenvalue weighted by atomic mass is 32.2. The van der Waals surface area contributed by atoms with Gasteiger partial charge in [-0.1, -0.05) is 0 Å². The molecule has 7 heteroatoms. The summed E-state index contributed by atoms with van der Waals surface area (Å²) >= 11 is 0. The molecular formula is C11H15NO5S. The fourth-order valence-electron chi connectivity index (χ4n) is 1.35. The van der Waals surface area contributed by atoms with Crippen molar-refractivity contribution in [3.63, 3.8) is 0 Å². The molecule has 0 unspecified atom stereocenters. The zero-order chi connectivity index (χ0) is 13.8. The lowest BCUT2D eigenvalue weighted by molar-refractivity contribution is -0.135. The fraction of sp³-hybridized carbons (Fsp3) is 0.364. The molecule has 0 aliphatic rings. The third-order valence-corrected chi connectivity index (χ3v) is 3.57. The molecule has 0 spiro atoms. The molecule has 0 saturated heterocycles. The zero-order valence-corrected chi connectivity index (χ0v) is 11.0. The Labute approximate surface area is 106 Å². The summed E-state index contributed by atoms with van der Waals surface area (Å²) in [5, 5.41) is 8.45. The summed E-state index contributed by atoms with van der Waals surface area (Å²) in [6, 6.07) is 4.37. The summed E-state index contributed by atoms with van der Waals surface area (Å²) in [6.45, 7) is 3.40. The summed E-state index contributed by atoms with van der Waals surface area (Å²) in [5.74, 6) is -0.629. The number of carboxylic acids is 1. The first-order chi connectivity index (χ1) is 8.36. The minimum absolute atomic E-state index is 0.0182. The summed E-state index contributed by atoms with van der Waals surface area (Å²) in [7, 11) is -3.80. The van der Waals surface area contributed by atoms with Crippen molar-refractivity contribution in [2.24, 2.45) is 0 Å². The van der Waals surface area contributed by atoms with Gasteiger partial charge >= 0.3 is 5.97 Å². The van der Waals surface area contributed by atoms with Crippen molar-refractivity contribution in [2.75, 3.05) is 13.2 Å². The van der Waals surface area contributed by atoms with Crippen LogP contribution in [0.2, 0.25) is 0 Å². The number of rotatable bonds is 6. The molecule has 0 bridgehead atoms. The highest BCUT2D eigenvalue weighted by Gasteiger charge is 2.16. The van der Waals surface area contributed by atoms with Gasteiger partial charge in [-0.05, 0) is 37.6 Å². The summed E-state index contributed by atoms with van der Waals surface area (Å²) in [6.07, 6.45) is 0. The molecule has 100 valence electrons. The average Bonchev–Trinajstić information content (AvgIpc) is 2.29. The molecule has 1 aromatic rings. The first-order valence-corrected chi connectivity index (χ1v) is 6.80. The number of aryl methyl sites for hydroxylation is 1. The smallest absolute Gasteiger partial charge is 0.318 e. The van der Waals surface area contributed by atoms with Gasteiger partial charge in [-0.25, -0.2) is 8.42 Å². The largest absolute Gasteiger partial charge is 0.494 e. The van der Waals surface area contributed by atoms with Gasteiger partial charge in [0.2, 0.25) is 10.0 Å². The molecule has 0 saturated carbocycles. The van der Waals surface area contributed by atoms with Crippen LogP contribution in [0.4, 0.5) is 0 Å². The second-order valence-corrected chi connectivity index (χ2v) is 5.35. The van der Waals surface area contributed by atoms with Crippen LogP contribution >= 0.6 is 0 Å². The van der Waals surface area contributed by atoms with Crippen LogP contribution in [-0.2, 0) is 14.8 Å². The van der Waals surface area contributed by atoms with Crippen LogP contribution in [0, 0.1) is 6.92 Å². The van der Waals surface area contributed by atoms with E-state index in [2.05, 4.69) is 0 Å². The Kier molecular flexibility index (Phi) is 4.69. The molecule has 0 heterocycles. The molecule has 0 aliphatic carbocycles. The minimum Gasteiger partial charge on any atom is -0.494 e. The van der Waals surface area contributed by atoms with E-state index < -0.39 is 22.5 Å². The number of hydrogen-bond acceptors (Lipinski definition) is 4. The van der Waals surface area contributed by atoms with E-state index in [1.165, 1.54) is 12.1 Å². The van der Waals surface area contributed by atoms with E-state index in [-0.39, 0.29) is 4.90 Å². The SMILES string of the molecule is CCOc1ccc(S(=O)(=O)NCC(=O)O)cc1C. The molecular weight excluding hydrogens is 258 g/mol. The van der Waals surface area contributed by atoms with E-state index in [9.17, 15) is 13.2 Å². The summed E-state index contributed by atoms with van der Waals surface area (Å²) < 4.78 is 30.8. The van der Waals surface area contributed by atoms with Crippen molar-refractivity contribution in [2.45, 2.75) is 18.7 Å². The molecule has 0 amide bonds. The van der Waals surface area contributed by atoms with Crippen molar-refractivity contribution in [1.29, 1.82) is 0 Å². The Bertz CT molecular complexity index is 538. The normalized spacial score (nSPS) is 11.2. The van der Waals surface area contributed by atoms with Crippen LogP contribution in [0.5, 0.6) is 5.75 Å². The van der Waals surface area contributed by atoms with Crippen LogP contribution in [0.1, 0.15) is 12.5 Å². The lowest BCUT2D eigenvalue weighted by Gasteiger charge is -2.09. The van der Waals surface area contributed by atoms with E-state index in [0.29, 0.717) is 17.9 Å². The molecule has 18 heavy (non-hydrogen) atoms. The number of carboxylic acid groups (broad SMARTS) is 1. The molecule has 0 fully saturated rings. The molecule has 2 N–H and O–H groups in total. The van der Waals surface area contributed by atoms with E-state index >= 15 is 0 Å². The van der Waals surface area contributed by atoms with Crippen molar-refractivity contribution >= 4 is 16.0 Å². The van der Waals surface area contributed by atoms with Gasteiger partial charge in [0.1, 0.15) is 12.3 Å². The number of aliphatic carboxylic acids is 1. The monoisotopic (exact) mass is 273 g/mol. The number of sulfonamides is 1. The fourth-order valence-corrected chi connectivity index (χ4v) is 2.41.